The van der Waals surface area contributed by atoms with E-state index in [1.165, 1.54) is 5.01 Å². The molecule has 0 radical (unpaired) electrons. The minimum Gasteiger partial charge on any atom is -0.272 e. The third-order valence-corrected chi connectivity index (χ3v) is 10.2. The lowest BCUT2D eigenvalue weighted by Crippen LogP contribution is -2.50. The summed E-state index contributed by atoms with van der Waals surface area (Å²) >= 11 is 13.4. The van der Waals surface area contributed by atoms with E-state index in [1.54, 1.807) is 24.3 Å². The fourth-order valence-corrected chi connectivity index (χ4v) is 7.30. The number of imide groups is 1. The summed E-state index contributed by atoms with van der Waals surface area (Å²) in [6, 6.07) is 15.9. The van der Waals surface area contributed by atoms with E-state index in [1.807, 2.05) is 30.3 Å². The monoisotopic (exact) mass is 564 g/mol. The third-order valence-electron chi connectivity index (χ3n) is 6.71. The number of halogens is 3. The first-order valence-electron chi connectivity index (χ1n) is 10.2. The maximum atomic E-state index is 13.5. The van der Waals surface area contributed by atoms with Crippen molar-refractivity contribution in [2.24, 2.45) is 23.7 Å². The molecule has 1 saturated heterocycles. The first-order chi connectivity index (χ1) is 14.9. The molecule has 8 heteroatoms. The average molecular weight is 567 g/mol. The van der Waals surface area contributed by atoms with Crippen LogP contribution < -0.4 is 0 Å². The Kier molecular flexibility index (Phi) is 5.47. The highest BCUT2D eigenvalue weighted by Gasteiger charge is 2.67. The summed E-state index contributed by atoms with van der Waals surface area (Å²) in [5, 5.41) is 2.92. The smallest absolute Gasteiger partial charge is 0.272 e. The van der Waals surface area contributed by atoms with Crippen molar-refractivity contribution < 1.29 is 14.4 Å². The van der Waals surface area contributed by atoms with E-state index in [4.69, 9.17) is 11.6 Å². The number of amides is 3. The molecule has 3 aliphatic rings. The quantitative estimate of drug-likeness (QED) is 0.399. The van der Waals surface area contributed by atoms with Gasteiger partial charge in [0, 0.05) is 20.2 Å². The second-order valence-electron chi connectivity index (χ2n) is 8.35. The Balaban J connectivity index is 1.52. The number of fused-ring (bicyclic) bond motifs is 5. The maximum Gasteiger partial charge on any atom is 0.273 e. The molecule has 2 aliphatic carbocycles. The molecule has 2 saturated carbocycles. The SMILES string of the molecule is O=C(c1ccc(Cl)cc1)N(Cc1ccccc1)N1C(=O)[C@@H]2[C@H]3C[C@@H]([C@H](Br)[C@H]3Br)[C@H]2C1=O. The Labute approximate surface area is 201 Å². The second kappa shape index (κ2) is 8.01. The maximum absolute atomic E-state index is 13.5. The van der Waals surface area contributed by atoms with Gasteiger partial charge in [-0.2, -0.15) is 5.01 Å². The minimum atomic E-state index is -0.402. The fourth-order valence-electron chi connectivity index (χ4n) is 5.30. The summed E-state index contributed by atoms with van der Waals surface area (Å²) in [6.07, 6.45) is 0.844. The standard InChI is InChI=1S/C23H19Br2ClN2O3/c24-19-15-10-16(20(19)25)18-17(15)22(30)28(23(18)31)27(11-12-4-2-1-3-5-12)21(29)13-6-8-14(26)9-7-13/h1-9,15-20H,10-11H2/t15-,16-,17-,18-,19+,20+/m1/s1. The van der Waals surface area contributed by atoms with Gasteiger partial charge in [0.25, 0.3) is 17.7 Å². The van der Waals surface area contributed by atoms with Crippen LogP contribution in [0.4, 0.5) is 0 Å². The normalized spacial score (nSPS) is 31.3. The number of hydrogen-bond donors (Lipinski definition) is 0. The molecule has 1 aliphatic heterocycles. The average Bonchev–Trinajstić information content (AvgIpc) is 3.38. The van der Waals surface area contributed by atoms with Crippen LogP contribution in [0.2, 0.25) is 5.02 Å². The predicted molar refractivity (Wildman–Crippen MR) is 124 cm³/mol. The van der Waals surface area contributed by atoms with E-state index in [9.17, 15) is 14.4 Å². The van der Waals surface area contributed by atoms with Crippen molar-refractivity contribution >= 4 is 61.2 Å². The molecule has 5 nitrogen and oxygen atoms in total. The Morgan fingerprint density at radius 1 is 0.935 bits per heavy atom. The molecule has 160 valence electrons. The Hall–Kier alpha value is -1.70. The van der Waals surface area contributed by atoms with Crippen LogP contribution in [0.1, 0.15) is 22.3 Å². The molecule has 2 aromatic rings. The van der Waals surface area contributed by atoms with Crippen LogP contribution in [0.25, 0.3) is 0 Å². The summed E-state index contributed by atoms with van der Waals surface area (Å²) in [6.45, 7) is 0.129. The molecule has 2 aromatic carbocycles. The highest BCUT2D eigenvalue weighted by Crippen LogP contribution is 2.60. The molecule has 0 unspecified atom stereocenters. The van der Waals surface area contributed by atoms with Gasteiger partial charge in [-0.05, 0) is 48.1 Å². The molecule has 1 heterocycles. The second-order valence-corrected chi connectivity index (χ2v) is 10.9. The zero-order valence-electron chi connectivity index (χ0n) is 16.3. The van der Waals surface area contributed by atoms with Crippen molar-refractivity contribution in [2.45, 2.75) is 22.6 Å². The molecule has 31 heavy (non-hydrogen) atoms. The lowest BCUT2D eigenvalue weighted by molar-refractivity contribution is -0.156. The minimum absolute atomic E-state index is 0.0880. The van der Waals surface area contributed by atoms with Crippen molar-refractivity contribution in [3.8, 4) is 0 Å². The molecule has 0 N–H and O–H groups in total. The number of rotatable bonds is 4. The number of hydrogen-bond acceptors (Lipinski definition) is 3. The van der Waals surface area contributed by atoms with Crippen LogP contribution in [0.3, 0.4) is 0 Å². The van der Waals surface area contributed by atoms with Gasteiger partial charge in [-0.25, -0.2) is 5.01 Å². The van der Waals surface area contributed by atoms with Crippen LogP contribution in [-0.2, 0) is 16.1 Å². The van der Waals surface area contributed by atoms with Gasteiger partial charge in [0.15, 0.2) is 0 Å². The number of carbonyl (C=O) groups is 3. The third kappa shape index (κ3) is 3.36. The Morgan fingerprint density at radius 3 is 2.03 bits per heavy atom. The van der Waals surface area contributed by atoms with Crippen molar-refractivity contribution in [2.75, 3.05) is 0 Å². The van der Waals surface area contributed by atoms with Crippen molar-refractivity contribution in [1.82, 2.24) is 10.0 Å². The van der Waals surface area contributed by atoms with E-state index in [2.05, 4.69) is 31.9 Å². The Bertz CT molecular complexity index is 1020. The van der Waals surface area contributed by atoms with E-state index in [0.717, 1.165) is 17.0 Å². The van der Waals surface area contributed by atoms with Gasteiger partial charge < -0.3 is 0 Å². The zero-order chi connectivity index (χ0) is 21.9. The van der Waals surface area contributed by atoms with E-state index >= 15 is 0 Å². The van der Waals surface area contributed by atoms with Gasteiger partial charge in [-0.1, -0.05) is 73.8 Å². The van der Waals surface area contributed by atoms with Crippen molar-refractivity contribution in [1.29, 1.82) is 0 Å². The molecule has 0 spiro atoms. The fraction of sp³-hybridized carbons (Fsp3) is 0.348. The van der Waals surface area contributed by atoms with Crippen molar-refractivity contribution in [3.63, 3.8) is 0 Å². The van der Waals surface area contributed by atoms with Crippen LogP contribution in [0.5, 0.6) is 0 Å². The number of carbonyl (C=O) groups excluding carboxylic acids is 3. The number of benzene rings is 2. The van der Waals surface area contributed by atoms with Crippen molar-refractivity contribution in [3.05, 3.63) is 70.7 Å². The summed E-state index contributed by atoms with van der Waals surface area (Å²) in [4.78, 5) is 40.8. The van der Waals surface area contributed by atoms with E-state index in [-0.39, 0.29) is 51.7 Å². The lowest BCUT2D eigenvalue weighted by Gasteiger charge is -2.31. The molecule has 3 fully saturated rings. The van der Waals surface area contributed by atoms with E-state index < -0.39 is 5.91 Å². The predicted octanol–water partition coefficient (Wildman–Crippen LogP) is 4.68. The number of alkyl halides is 2. The molecular formula is C23H19Br2ClN2O3. The van der Waals surface area contributed by atoms with Gasteiger partial charge in [0.1, 0.15) is 0 Å². The molecular weight excluding hydrogens is 548 g/mol. The van der Waals surface area contributed by atoms with Gasteiger partial charge in [-0.3, -0.25) is 14.4 Å². The summed E-state index contributed by atoms with van der Waals surface area (Å²) in [5.41, 5.74) is 1.21. The lowest BCUT2D eigenvalue weighted by atomic mass is 9.81. The van der Waals surface area contributed by atoms with Gasteiger partial charge in [0.2, 0.25) is 0 Å². The largest absolute Gasteiger partial charge is 0.273 e. The molecule has 3 amide bonds. The first kappa shape index (κ1) is 21.2. The number of nitrogens with zero attached hydrogens (tertiary/aromatic N) is 2. The van der Waals surface area contributed by atoms with E-state index in [0.29, 0.717) is 10.6 Å². The topological polar surface area (TPSA) is 57.7 Å². The summed E-state index contributed by atoms with van der Waals surface area (Å²) in [5.74, 6) is -1.54. The highest BCUT2D eigenvalue weighted by atomic mass is 79.9. The molecule has 6 atom stereocenters. The molecule has 5 rings (SSSR count). The van der Waals surface area contributed by atoms with Crippen LogP contribution in [-0.4, -0.2) is 37.4 Å². The first-order valence-corrected chi connectivity index (χ1v) is 12.4. The summed E-state index contributed by atoms with van der Waals surface area (Å²) in [7, 11) is 0. The van der Waals surface area contributed by atoms with Crippen LogP contribution in [0.15, 0.2) is 54.6 Å². The zero-order valence-corrected chi connectivity index (χ0v) is 20.3. The highest BCUT2D eigenvalue weighted by molar-refractivity contribution is 9.12. The van der Waals surface area contributed by atoms with Gasteiger partial charge in [-0.15, -0.1) is 0 Å². The van der Waals surface area contributed by atoms with Crippen LogP contribution >= 0.6 is 43.5 Å². The Morgan fingerprint density at radius 2 is 1.48 bits per heavy atom. The summed E-state index contributed by atoms with van der Waals surface area (Å²) < 4.78 is 0. The van der Waals surface area contributed by atoms with Gasteiger partial charge in [0.05, 0.1) is 18.4 Å². The molecule has 2 bridgehead atoms. The number of hydrazine groups is 1. The van der Waals surface area contributed by atoms with Crippen LogP contribution in [0, 0.1) is 23.7 Å². The molecule has 0 aromatic heterocycles. The van der Waals surface area contributed by atoms with Gasteiger partial charge >= 0.3 is 0 Å².